The summed E-state index contributed by atoms with van der Waals surface area (Å²) in [6.07, 6.45) is 3.80. The minimum atomic E-state index is 1.22. The molecule has 0 unspecified atom stereocenters. The van der Waals surface area contributed by atoms with Crippen molar-refractivity contribution in [1.82, 2.24) is 0 Å². The zero-order valence-electron chi connectivity index (χ0n) is 7.41. The summed E-state index contributed by atoms with van der Waals surface area (Å²) in [5.41, 5.74) is 1.51. The molecule has 0 aromatic heterocycles. The van der Waals surface area contributed by atoms with Crippen molar-refractivity contribution in [2.24, 2.45) is 0 Å². The molecular formula is C10H11I3. The Kier molecular flexibility index (Phi) is 5.85. The van der Waals surface area contributed by atoms with Crippen LogP contribution in [0.25, 0.3) is 0 Å². The van der Waals surface area contributed by atoms with Crippen LogP contribution in [0.5, 0.6) is 0 Å². The first-order valence-electron chi connectivity index (χ1n) is 4.29. The lowest BCUT2D eigenvalue weighted by molar-refractivity contribution is 0.792. The van der Waals surface area contributed by atoms with E-state index in [1.807, 2.05) is 0 Å². The first kappa shape index (κ1) is 12.5. The highest BCUT2D eigenvalue weighted by Gasteiger charge is 2.06. The maximum absolute atomic E-state index is 2.46. The summed E-state index contributed by atoms with van der Waals surface area (Å²) in [6, 6.07) is 4.48. The molecule has 0 aliphatic carbocycles. The third-order valence-electron chi connectivity index (χ3n) is 1.91. The topological polar surface area (TPSA) is 0 Å². The van der Waals surface area contributed by atoms with Gasteiger partial charge in [0.25, 0.3) is 0 Å². The Morgan fingerprint density at radius 3 is 2.38 bits per heavy atom. The second-order valence-electron chi connectivity index (χ2n) is 2.94. The van der Waals surface area contributed by atoms with Gasteiger partial charge in [0.05, 0.1) is 0 Å². The van der Waals surface area contributed by atoms with Gasteiger partial charge in [-0.05, 0) is 92.2 Å². The molecule has 0 aliphatic rings. The average Bonchev–Trinajstić information content (AvgIpc) is 2.13. The van der Waals surface area contributed by atoms with Gasteiger partial charge in [0.2, 0.25) is 0 Å². The van der Waals surface area contributed by atoms with E-state index in [0.717, 1.165) is 0 Å². The van der Waals surface area contributed by atoms with Gasteiger partial charge < -0.3 is 0 Å². The molecule has 0 aliphatic heterocycles. The number of benzene rings is 1. The first-order valence-corrected chi connectivity index (χ1v) is 7.52. The highest BCUT2D eigenvalue weighted by Crippen LogP contribution is 2.25. The van der Waals surface area contributed by atoms with E-state index in [1.54, 1.807) is 0 Å². The number of aryl methyl sites for hydroxylation is 1. The van der Waals surface area contributed by atoms with Crippen molar-refractivity contribution >= 4 is 67.8 Å². The molecular weight excluding hydrogens is 501 g/mol. The van der Waals surface area contributed by atoms with E-state index < -0.39 is 0 Å². The monoisotopic (exact) mass is 512 g/mol. The SMILES string of the molecule is CCCCc1ccc(I)c(I)c1I. The fraction of sp³-hybridized carbons (Fsp3) is 0.400. The molecule has 0 bridgehead atoms. The molecule has 0 atom stereocenters. The molecule has 13 heavy (non-hydrogen) atoms. The molecule has 72 valence electrons. The van der Waals surface area contributed by atoms with Gasteiger partial charge in [-0.15, -0.1) is 0 Å². The molecule has 0 saturated heterocycles. The maximum atomic E-state index is 2.46. The van der Waals surface area contributed by atoms with Crippen molar-refractivity contribution < 1.29 is 0 Å². The Bertz CT molecular complexity index is 294. The van der Waals surface area contributed by atoms with Gasteiger partial charge in [-0.25, -0.2) is 0 Å². The number of rotatable bonds is 3. The Morgan fingerprint density at radius 1 is 1.08 bits per heavy atom. The van der Waals surface area contributed by atoms with E-state index in [4.69, 9.17) is 0 Å². The summed E-state index contributed by atoms with van der Waals surface area (Å²) in [4.78, 5) is 0. The second kappa shape index (κ2) is 6.09. The molecule has 0 N–H and O–H groups in total. The standard InChI is InChI=1S/C10H11I3/c1-2-3-4-7-5-6-8(11)10(13)9(7)12/h5-6H,2-4H2,1H3. The largest absolute Gasteiger partial charge is 0.0654 e. The molecule has 0 saturated carbocycles. The van der Waals surface area contributed by atoms with Crippen LogP contribution in [0.3, 0.4) is 0 Å². The number of halogens is 3. The summed E-state index contributed by atoms with van der Waals surface area (Å²) in [5.74, 6) is 0. The zero-order valence-corrected chi connectivity index (χ0v) is 13.9. The highest BCUT2D eigenvalue weighted by molar-refractivity contribution is 14.1. The Balaban J connectivity index is 2.90. The smallest absolute Gasteiger partial charge is 0.0400 e. The molecule has 1 rings (SSSR count). The van der Waals surface area contributed by atoms with Crippen LogP contribution in [0, 0.1) is 10.7 Å². The molecule has 0 spiro atoms. The zero-order chi connectivity index (χ0) is 9.84. The van der Waals surface area contributed by atoms with Crippen LogP contribution in [-0.4, -0.2) is 0 Å². The van der Waals surface area contributed by atoms with Crippen molar-refractivity contribution in [1.29, 1.82) is 0 Å². The lowest BCUT2D eigenvalue weighted by atomic mass is 10.1. The third-order valence-corrected chi connectivity index (χ3v) is 7.23. The molecule has 0 amide bonds. The van der Waals surface area contributed by atoms with Gasteiger partial charge >= 0.3 is 0 Å². The predicted octanol–water partition coefficient (Wildman–Crippen LogP) is 4.84. The van der Waals surface area contributed by atoms with Crippen LogP contribution < -0.4 is 0 Å². The van der Waals surface area contributed by atoms with E-state index in [2.05, 4.69) is 86.8 Å². The van der Waals surface area contributed by atoms with Crippen LogP contribution in [0.2, 0.25) is 0 Å². The van der Waals surface area contributed by atoms with Gasteiger partial charge in [-0.1, -0.05) is 19.4 Å². The van der Waals surface area contributed by atoms with Gasteiger partial charge in [0, 0.05) is 10.7 Å². The predicted molar refractivity (Wildman–Crippen MR) is 83.2 cm³/mol. The fourth-order valence-corrected chi connectivity index (χ4v) is 3.36. The molecule has 1 aromatic rings. The normalized spacial score (nSPS) is 10.5. The van der Waals surface area contributed by atoms with Crippen molar-refractivity contribution in [3.05, 3.63) is 28.4 Å². The number of unbranched alkanes of at least 4 members (excludes halogenated alkanes) is 1. The maximum Gasteiger partial charge on any atom is 0.0400 e. The molecule has 1 aromatic carbocycles. The van der Waals surface area contributed by atoms with Crippen LogP contribution >= 0.6 is 67.8 Å². The average molecular weight is 512 g/mol. The van der Waals surface area contributed by atoms with Crippen LogP contribution in [-0.2, 0) is 6.42 Å². The number of hydrogen-bond acceptors (Lipinski definition) is 0. The van der Waals surface area contributed by atoms with Gasteiger partial charge in [0.1, 0.15) is 0 Å². The van der Waals surface area contributed by atoms with E-state index in [-0.39, 0.29) is 0 Å². The Morgan fingerprint density at radius 2 is 1.77 bits per heavy atom. The summed E-state index contributed by atoms with van der Waals surface area (Å²) in [7, 11) is 0. The summed E-state index contributed by atoms with van der Waals surface area (Å²) < 4.78 is 4.22. The molecule has 0 heterocycles. The summed E-state index contributed by atoms with van der Waals surface area (Å²) in [6.45, 7) is 2.24. The first-order chi connectivity index (χ1) is 6.16. The van der Waals surface area contributed by atoms with Crippen molar-refractivity contribution in [2.45, 2.75) is 26.2 Å². The Labute approximate surface area is 121 Å². The minimum absolute atomic E-state index is 1.22. The second-order valence-corrected chi connectivity index (χ2v) is 6.26. The third kappa shape index (κ3) is 3.48. The lowest BCUT2D eigenvalue weighted by Gasteiger charge is -2.06. The minimum Gasteiger partial charge on any atom is -0.0654 e. The molecule has 3 heteroatoms. The molecule has 0 fully saturated rings. The van der Waals surface area contributed by atoms with Gasteiger partial charge in [-0.3, -0.25) is 0 Å². The van der Waals surface area contributed by atoms with Crippen LogP contribution in [0.1, 0.15) is 25.3 Å². The summed E-state index contributed by atoms with van der Waals surface area (Å²) in [5, 5.41) is 0. The molecule has 0 nitrogen and oxygen atoms in total. The molecule has 0 radical (unpaired) electrons. The van der Waals surface area contributed by atoms with Crippen LogP contribution in [0.15, 0.2) is 12.1 Å². The van der Waals surface area contributed by atoms with E-state index in [1.165, 1.54) is 35.5 Å². The van der Waals surface area contributed by atoms with E-state index in [0.29, 0.717) is 0 Å². The van der Waals surface area contributed by atoms with Crippen LogP contribution in [0.4, 0.5) is 0 Å². The van der Waals surface area contributed by atoms with Gasteiger partial charge in [0.15, 0.2) is 0 Å². The van der Waals surface area contributed by atoms with Crippen molar-refractivity contribution in [2.75, 3.05) is 0 Å². The Hall–Kier alpha value is 1.41. The van der Waals surface area contributed by atoms with Crippen molar-refractivity contribution in [3.63, 3.8) is 0 Å². The van der Waals surface area contributed by atoms with E-state index >= 15 is 0 Å². The summed E-state index contributed by atoms with van der Waals surface area (Å²) >= 11 is 7.28. The quantitative estimate of drug-likeness (QED) is 0.402. The highest BCUT2D eigenvalue weighted by atomic mass is 127. The number of hydrogen-bond donors (Lipinski definition) is 0. The fourth-order valence-electron chi connectivity index (χ4n) is 1.13. The van der Waals surface area contributed by atoms with E-state index in [9.17, 15) is 0 Å². The van der Waals surface area contributed by atoms with Crippen molar-refractivity contribution in [3.8, 4) is 0 Å². The van der Waals surface area contributed by atoms with Gasteiger partial charge in [-0.2, -0.15) is 0 Å². The lowest BCUT2D eigenvalue weighted by Crippen LogP contribution is -1.94.